The summed E-state index contributed by atoms with van der Waals surface area (Å²) in [4.78, 5) is 4.22. The highest BCUT2D eigenvalue weighted by atomic mass is 14.7. The minimum atomic E-state index is 1.26. The van der Waals surface area contributed by atoms with E-state index in [1.807, 2.05) is 7.05 Å². The molecule has 9 heavy (non-hydrogen) atoms. The van der Waals surface area contributed by atoms with Crippen molar-refractivity contribution in [1.29, 1.82) is 0 Å². The van der Waals surface area contributed by atoms with Gasteiger partial charge in [0.1, 0.15) is 0 Å². The van der Waals surface area contributed by atoms with Gasteiger partial charge in [0.25, 0.3) is 0 Å². The second-order valence-electron chi connectivity index (χ2n) is 2.70. The second-order valence-corrected chi connectivity index (χ2v) is 2.70. The molecule has 0 aromatic rings. The summed E-state index contributed by atoms with van der Waals surface area (Å²) in [6, 6.07) is 0. The lowest BCUT2D eigenvalue weighted by Gasteiger charge is -1.96. The van der Waals surface area contributed by atoms with Gasteiger partial charge in [-0.25, -0.2) is 0 Å². The summed E-state index contributed by atoms with van der Waals surface area (Å²) in [7, 11) is 1.92. The molecule has 1 aliphatic rings. The van der Waals surface area contributed by atoms with E-state index in [-0.39, 0.29) is 0 Å². The Balaban J connectivity index is 2.36. The second kappa shape index (κ2) is 3.65. The number of aliphatic imine (C=N–C) groups is 1. The highest BCUT2D eigenvalue weighted by Gasteiger charge is 2.02. The van der Waals surface area contributed by atoms with E-state index in [0.29, 0.717) is 0 Å². The Bertz CT molecular complexity index is 95.1. The van der Waals surface area contributed by atoms with E-state index in [1.165, 1.54) is 44.2 Å². The van der Waals surface area contributed by atoms with Crippen molar-refractivity contribution in [3.8, 4) is 0 Å². The monoisotopic (exact) mass is 125 g/mol. The molecule has 0 aromatic carbocycles. The van der Waals surface area contributed by atoms with Crippen LogP contribution in [-0.2, 0) is 0 Å². The third kappa shape index (κ3) is 2.17. The van der Waals surface area contributed by atoms with Crippen molar-refractivity contribution >= 4 is 5.71 Å². The van der Waals surface area contributed by atoms with E-state index in [2.05, 4.69) is 4.99 Å². The number of hydrogen-bond donors (Lipinski definition) is 0. The van der Waals surface area contributed by atoms with Gasteiger partial charge in [-0.05, 0) is 25.7 Å². The van der Waals surface area contributed by atoms with Gasteiger partial charge in [0.05, 0.1) is 0 Å². The van der Waals surface area contributed by atoms with Crippen molar-refractivity contribution in [2.24, 2.45) is 4.99 Å². The fraction of sp³-hybridized carbons (Fsp3) is 0.875. The molecule has 1 aliphatic carbocycles. The summed E-state index contributed by atoms with van der Waals surface area (Å²) in [6.45, 7) is 0. The summed E-state index contributed by atoms with van der Waals surface area (Å²) in [5.74, 6) is 0. The summed E-state index contributed by atoms with van der Waals surface area (Å²) >= 11 is 0. The Morgan fingerprint density at radius 1 is 1.00 bits per heavy atom. The summed E-state index contributed by atoms with van der Waals surface area (Å²) in [5, 5.41) is 0. The molecule has 1 rings (SSSR count). The van der Waals surface area contributed by atoms with Gasteiger partial charge in [-0.1, -0.05) is 12.8 Å². The first-order valence-electron chi connectivity index (χ1n) is 3.88. The molecule has 52 valence electrons. The fourth-order valence-corrected chi connectivity index (χ4v) is 1.36. The maximum absolute atomic E-state index is 4.22. The molecule has 0 aromatic heterocycles. The average Bonchev–Trinajstić information content (AvgIpc) is 2.13. The van der Waals surface area contributed by atoms with Crippen LogP contribution in [-0.4, -0.2) is 12.8 Å². The highest BCUT2D eigenvalue weighted by Crippen LogP contribution is 2.14. The maximum Gasteiger partial charge on any atom is 0.0276 e. The molecule has 1 heteroatoms. The zero-order chi connectivity index (χ0) is 6.53. The zero-order valence-corrected chi connectivity index (χ0v) is 6.19. The lowest BCUT2D eigenvalue weighted by molar-refractivity contribution is 0.702. The number of nitrogens with zero attached hydrogens (tertiary/aromatic N) is 1. The van der Waals surface area contributed by atoms with E-state index in [0.717, 1.165) is 0 Å². The van der Waals surface area contributed by atoms with Crippen LogP contribution < -0.4 is 0 Å². The predicted octanol–water partition coefficient (Wildman–Crippen LogP) is 2.41. The largest absolute Gasteiger partial charge is 0.297 e. The Labute approximate surface area is 57.2 Å². The van der Waals surface area contributed by atoms with Crippen molar-refractivity contribution in [2.45, 2.75) is 38.5 Å². The smallest absolute Gasteiger partial charge is 0.0276 e. The van der Waals surface area contributed by atoms with E-state index in [1.54, 1.807) is 0 Å². The van der Waals surface area contributed by atoms with E-state index in [9.17, 15) is 0 Å². The molecule has 0 atom stereocenters. The van der Waals surface area contributed by atoms with Gasteiger partial charge in [-0.3, -0.25) is 4.99 Å². The third-order valence-electron chi connectivity index (χ3n) is 2.00. The van der Waals surface area contributed by atoms with E-state index in [4.69, 9.17) is 0 Å². The topological polar surface area (TPSA) is 12.4 Å². The van der Waals surface area contributed by atoms with E-state index < -0.39 is 0 Å². The van der Waals surface area contributed by atoms with Crippen molar-refractivity contribution in [2.75, 3.05) is 7.05 Å². The minimum absolute atomic E-state index is 1.26. The Morgan fingerprint density at radius 3 is 2.00 bits per heavy atom. The fourth-order valence-electron chi connectivity index (χ4n) is 1.36. The first kappa shape index (κ1) is 6.79. The molecule has 0 spiro atoms. The van der Waals surface area contributed by atoms with Crippen LogP contribution in [0.1, 0.15) is 38.5 Å². The van der Waals surface area contributed by atoms with Crippen LogP contribution in [0.15, 0.2) is 4.99 Å². The van der Waals surface area contributed by atoms with Crippen LogP contribution in [0, 0.1) is 0 Å². The van der Waals surface area contributed by atoms with Crippen molar-refractivity contribution < 1.29 is 0 Å². The minimum Gasteiger partial charge on any atom is -0.297 e. The predicted molar refractivity (Wildman–Crippen MR) is 41.1 cm³/mol. The van der Waals surface area contributed by atoms with Gasteiger partial charge in [0.2, 0.25) is 0 Å². The van der Waals surface area contributed by atoms with Gasteiger partial charge in [-0.2, -0.15) is 0 Å². The molecule has 1 saturated carbocycles. The molecule has 1 nitrogen and oxygen atoms in total. The molecule has 1 fully saturated rings. The third-order valence-corrected chi connectivity index (χ3v) is 2.00. The standard InChI is InChI=1S/C8H15N/c1-9-8-6-4-2-3-5-7-8/h2-7H2,1H3. The van der Waals surface area contributed by atoms with Crippen molar-refractivity contribution in [1.82, 2.24) is 0 Å². The van der Waals surface area contributed by atoms with Crippen LogP contribution in [0.25, 0.3) is 0 Å². The molecule has 0 N–H and O–H groups in total. The highest BCUT2D eigenvalue weighted by molar-refractivity contribution is 5.84. The van der Waals surface area contributed by atoms with E-state index >= 15 is 0 Å². The molecule has 0 saturated heterocycles. The average molecular weight is 125 g/mol. The molecular weight excluding hydrogens is 110 g/mol. The first-order valence-corrected chi connectivity index (χ1v) is 3.88. The molecule has 0 unspecified atom stereocenters. The maximum atomic E-state index is 4.22. The van der Waals surface area contributed by atoms with Gasteiger partial charge >= 0.3 is 0 Å². The summed E-state index contributed by atoms with van der Waals surface area (Å²) in [5.41, 5.74) is 1.44. The van der Waals surface area contributed by atoms with Gasteiger partial charge in [0.15, 0.2) is 0 Å². The Hall–Kier alpha value is -0.330. The number of hydrogen-bond acceptors (Lipinski definition) is 1. The van der Waals surface area contributed by atoms with Crippen LogP contribution in [0.4, 0.5) is 0 Å². The summed E-state index contributed by atoms with van der Waals surface area (Å²) < 4.78 is 0. The zero-order valence-electron chi connectivity index (χ0n) is 6.19. The lowest BCUT2D eigenvalue weighted by Crippen LogP contribution is -1.93. The Morgan fingerprint density at radius 2 is 1.56 bits per heavy atom. The lowest BCUT2D eigenvalue weighted by atomic mass is 10.2. The number of rotatable bonds is 0. The summed E-state index contributed by atoms with van der Waals surface area (Å²) in [6.07, 6.45) is 8.09. The molecule has 0 aliphatic heterocycles. The van der Waals surface area contributed by atoms with Crippen LogP contribution in [0.5, 0.6) is 0 Å². The van der Waals surface area contributed by atoms with Crippen molar-refractivity contribution in [3.05, 3.63) is 0 Å². The Kier molecular flexibility index (Phi) is 2.75. The molecule has 0 bridgehead atoms. The molecule has 0 heterocycles. The van der Waals surface area contributed by atoms with Crippen molar-refractivity contribution in [3.63, 3.8) is 0 Å². The van der Waals surface area contributed by atoms with Gasteiger partial charge in [0, 0.05) is 12.8 Å². The van der Waals surface area contributed by atoms with Gasteiger partial charge < -0.3 is 0 Å². The SMILES string of the molecule is CN=C1CCCCCC1. The molecule has 0 amide bonds. The normalized spacial score (nSPS) is 21.2. The first-order chi connectivity index (χ1) is 4.43. The van der Waals surface area contributed by atoms with Crippen LogP contribution in [0.3, 0.4) is 0 Å². The van der Waals surface area contributed by atoms with Crippen LogP contribution >= 0.6 is 0 Å². The van der Waals surface area contributed by atoms with Gasteiger partial charge in [-0.15, -0.1) is 0 Å². The molecule has 0 radical (unpaired) electrons. The molecular formula is C8H15N. The quantitative estimate of drug-likeness (QED) is 0.441. The van der Waals surface area contributed by atoms with Crippen LogP contribution in [0.2, 0.25) is 0 Å².